The number of hydrogen-bond donors (Lipinski definition) is 0. The fourth-order valence-corrected chi connectivity index (χ4v) is 6.68. The lowest BCUT2D eigenvalue weighted by molar-refractivity contribution is 0.102. The molecular weight excluding hydrogens is 450 g/mol. The van der Waals surface area contributed by atoms with Crippen LogP contribution in [0.2, 0.25) is 0 Å². The largest absolute Gasteiger partial charge is 0.293 e. The van der Waals surface area contributed by atoms with Crippen molar-refractivity contribution >= 4 is 55.0 Å². The summed E-state index contributed by atoms with van der Waals surface area (Å²) in [6.45, 7) is 4.46. The molecule has 6 rings (SSSR count). The number of ketones is 1. The Morgan fingerprint density at radius 1 is 1.12 bits per heavy atom. The minimum atomic E-state index is 0.0743. The SMILES string of the molecule is CC(C)c1nc2sc3c(ncn4c(SCC(=O)c5ccccc5)nnc34)c2c2c1CCCC2. The zero-order valence-electron chi connectivity index (χ0n) is 18.5. The number of Topliss-reactive ketones (excluding diaryl/α,β-unsaturated/α-hetero) is 1. The molecule has 8 heteroatoms. The first-order chi connectivity index (χ1) is 16.1. The second-order valence-electron chi connectivity index (χ2n) is 8.77. The molecule has 0 aliphatic heterocycles. The molecule has 0 radical (unpaired) electrons. The lowest BCUT2D eigenvalue weighted by Gasteiger charge is -2.21. The number of benzene rings is 1. The van der Waals surface area contributed by atoms with Crippen molar-refractivity contribution in [3.63, 3.8) is 0 Å². The second kappa shape index (κ2) is 8.18. The molecular formula is C25H23N5OS2. The van der Waals surface area contributed by atoms with Crippen molar-refractivity contribution in [1.82, 2.24) is 24.6 Å². The van der Waals surface area contributed by atoms with Gasteiger partial charge in [-0.1, -0.05) is 55.9 Å². The first kappa shape index (κ1) is 20.7. The molecule has 0 atom stereocenters. The van der Waals surface area contributed by atoms with Crippen LogP contribution in [0.1, 0.15) is 59.8 Å². The summed E-state index contributed by atoms with van der Waals surface area (Å²) in [7, 11) is 0. The fraction of sp³-hybridized carbons (Fsp3) is 0.320. The number of thioether (sulfide) groups is 1. The Morgan fingerprint density at radius 2 is 1.91 bits per heavy atom. The van der Waals surface area contributed by atoms with Gasteiger partial charge in [0.1, 0.15) is 15.9 Å². The van der Waals surface area contributed by atoms with Gasteiger partial charge in [0.25, 0.3) is 0 Å². The highest BCUT2D eigenvalue weighted by atomic mass is 32.2. The van der Waals surface area contributed by atoms with E-state index < -0.39 is 0 Å². The summed E-state index contributed by atoms with van der Waals surface area (Å²) in [6.07, 6.45) is 6.43. The second-order valence-corrected chi connectivity index (χ2v) is 10.7. The Kier molecular flexibility index (Phi) is 5.14. The number of nitrogens with zero attached hydrogens (tertiary/aromatic N) is 5. The predicted molar refractivity (Wildman–Crippen MR) is 134 cm³/mol. The molecule has 0 spiro atoms. The highest BCUT2D eigenvalue weighted by Crippen LogP contribution is 2.41. The van der Waals surface area contributed by atoms with E-state index in [1.165, 1.54) is 46.8 Å². The first-order valence-corrected chi connectivity index (χ1v) is 13.1. The Bertz CT molecular complexity index is 1520. The van der Waals surface area contributed by atoms with Crippen LogP contribution < -0.4 is 0 Å². The molecule has 1 aromatic carbocycles. The number of aromatic nitrogens is 5. The topological polar surface area (TPSA) is 73.0 Å². The van der Waals surface area contributed by atoms with E-state index in [9.17, 15) is 4.79 Å². The van der Waals surface area contributed by atoms with Crippen LogP contribution >= 0.6 is 23.1 Å². The average Bonchev–Trinajstić information content (AvgIpc) is 3.43. The minimum absolute atomic E-state index is 0.0743. The maximum atomic E-state index is 12.5. The Hall–Kier alpha value is -2.84. The van der Waals surface area contributed by atoms with E-state index in [4.69, 9.17) is 9.97 Å². The zero-order valence-corrected chi connectivity index (χ0v) is 20.2. The molecule has 33 heavy (non-hydrogen) atoms. The summed E-state index contributed by atoms with van der Waals surface area (Å²) in [6, 6.07) is 9.35. The van der Waals surface area contributed by atoms with Crippen molar-refractivity contribution in [2.24, 2.45) is 0 Å². The minimum Gasteiger partial charge on any atom is -0.293 e. The molecule has 0 bridgehead atoms. The van der Waals surface area contributed by atoms with E-state index in [-0.39, 0.29) is 5.78 Å². The van der Waals surface area contributed by atoms with Crippen LogP contribution in [0, 0.1) is 0 Å². The van der Waals surface area contributed by atoms with Crippen molar-refractivity contribution in [3.8, 4) is 0 Å². The molecule has 166 valence electrons. The van der Waals surface area contributed by atoms with Gasteiger partial charge in [0.05, 0.1) is 11.3 Å². The molecule has 5 aromatic rings. The molecule has 0 fully saturated rings. The van der Waals surface area contributed by atoms with Crippen molar-refractivity contribution in [3.05, 3.63) is 59.0 Å². The molecule has 4 aromatic heterocycles. The zero-order chi connectivity index (χ0) is 22.5. The predicted octanol–water partition coefficient (Wildman–Crippen LogP) is 5.86. The van der Waals surface area contributed by atoms with Crippen LogP contribution in [-0.2, 0) is 12.8 Å². The standard InChI is InChI=1S/C25H23N5OS2/c1-14(2)20-17-11-7-6-10-16(17)19-21-22(33-24(19)27-20)23-28-29-25(30(23)13-26-21)32-12-18(31)15-8-4-3-5-9-15/h3-5,8-9,13-14H,6-7,10-12H2,1-2H3. The van der Waals surface area contributed by atoms with Gasteiger partial charge in [-0.05, 0) is 42.7 Å². The Balaban J connectivity index is 1.44. The summed E-state index contributed by atoms with van der Waals surface area (Å²) in [5.74, 6) is 0.783. The molecule has 0 saturated carbocycles. The van der Waals surface area contributed by atoms with Gasteiger partial charge in [0, 0.05) is 16.6 Å². The van der Waals surface area contributed by atoms with Gasteiger partial charge in [0.15, 0.2) is 16.6 Å². The monoisotopic (exact) mass is 473 g/mol. The molecule has 1 aliphatic rings. The van der Waals surface area contributed by atoms with Crippen LogP contribution in [0.25, 0.3) is 26.1 Å². The summed E-state index contributed by atoms with van der Waals surface area (Å²) in [5, 5.41) is 10.8. The summed E-state index contributed by atoms with van der Waals surface area (Å²) in [4.78, 5) is 23.5. The number of fused-ring (bicyclic) bond motifs is 7. The summed E-state index contributed by atoms with van der Waals surface area (Å²) >= 11 is 3.05. The maximum Gasteiger partial charge on any atom is 0.197 e. The summed E-state index contributed by atoms with van der Waals surface area (Å²) < 4.78 is 2.92. The molecule has 6 nitrogen and oxygen atoms in total. The fourth-order valence-electron chi connectivity index (χ4n) is 4.74. The molecule has 0 amide bonds. The Labute approximate surface area is 199 Å². The number of hydrogen-bond acceptors (Lipinski definition) is 7. The van der Waals surface area contributed by atoms with E-state index >= 15 is 0 Å². The van der Waals surface area contributed by atoms with E-state index in [1.54, 1.807) is 17.7 Å². The molecule has 0 saturated heterocycles. The van der Waals surface area contributed by atoms with Gasteiger partial charge in [-0.25, -0.2) is 9.97 Å². The molecule has 0 unspecified atom stereocenters. The van der Waals surface area contributed by atoms with Gasteiger partial charge >= 0.3 is 0 Å². The van der Waals surface area contributed by atoms with Gasteiger partial charge in [-0.3, -0.25) is 9.20 Å². The highest BCUT2D eigenvalue weighted by Gasteiger charge is 2.24. The van der Waals surface area contributed by atoms with E-state index in [0.717, 1.165) is 33.5 Å². The van der Waals surface area contributed by atoms with Gasteiger partial charge in [-0.2, -0.15) is 0 Å². The third-order valence-corrected chi connectivity index (χ3v) is 8.32. The highest BCUT2D eigenvalue weighted by molar-refractivity contribution is 7.99. The third-order valence-electron chi connectivity index (χ3n) is 6.31. The van der Waals surface area contributed by atoms with Gasteiger partial charge in [0.2, 0.25) is 0 Å². The third kappa shape index (κ3) is 3.43. The molecule has 4 heterocycles. The van der Waals surface area contributed by atoms with Crippen molar-refractivity contribution in [2.75, 3.05) is 5.75 Å². The lowest BCUT2D eigenvalue weighted by atomic mass is 9.86. The quantitative estimate of drug-likeness (QED) is 0.235. The smallest absolute Gasteiger partial charge is 0.197 e. The summed E-state index contributed by atoms with van der Waals surface area (Å²) in [5.41, 5.74) is 6.57. The average molecular weight is 474 g/mol. The van der Waals surface area contributed by atoms with Gasteiger partial charge in [-0.15, -0.1) is 21.5 Å². The van der Waals surface area contributed by atoms with Crippen LogP contribution in [0.4, 0.5) is 0 Å². The molecule has 0 N–H and O–H groups in total. The maximum absolute atomic E-state index is 12.5. The number of rotatable bonds is 5. The van der Waals surface area contributed by atoms with Crippen LogP contribution in [0.15, 0.2) is 41.8 Å². The molecule has 1 aliphatic carbocycles. The van der Waals surface area contributed by atoms with E-state index in [1.807, 2.05) is 34.7 Å². The van der Waals surface area contributed by atoms with Crippen molar-refractivity contribution in [2.45, 2.75) is 50.6 Å². The van der Waals surface area contributed by atoms with E-state index in [0.29, 0.717) is 22.4 Å². The van der Waals surface area contributed by atoms with Crippen LogP contribution in [-0.4, -0.2) is 36.1 Å². The Morgan fingerprint density at radius 3 is 2.70 bits per heavy atom. The number of aryl methyl sites for hydroxylation is 1. The number of carbonyl (C=O) groups is 1. The van der Waals surface area contributed by atoms with Crippen molar-refractivity contribution in [1.29, 1.82) is 0 Å². The van der Waals surface area contributed by atoms with Crippen LogP contribution in [0.3, 0.4) is 0 Å². The van der Waals surface area contributed by atoms with Gasteiger partial charge < -0.3 is 0 Å². The lowest BCUT2D eigenvalue weighted by Crippen LogP contribution is -2.10. The number of carbonyl (C=O) groups excluding carboxylic acids is 1. The number of pyridine rings is 1. The number of thiophene rings is 1. The first-order valence-electron chi connectivity index (χ1n) is 11.3. The van der Waals surface area contributed by atoms with Crippen LogP contribution in [0.5, 0.6) is 0 Å². The van der Waals surface area contributed by atoms with E-state index in [2.05, 4.69) is 24.0 Å². The van der Waals surface area contributed by atoms with Crippen molar-refractivity contribution < 1.29 is 4.79 Å². The normalized spacial score (nSPS) is 13.9.